The van der Waals surface area contributed by atoms with Gasteiger partial charge in [-0.25, -0.2) is 0 Å². The number of halogens is 6. The van der Waals surface area contributed by atoms with Crippen molar-refractivity contribution in [3.63, 3.8) is 0 Å². The number of ether oxygens (including phenoxy) is 1. The molecule has 0 amide bonds. The maximum absolute atomic E-state index is 13.6. The number of aromatic nitrogens is 4. The van der Waals surface area contributed by atoms with E-state index >= 15 is 0 Å². The molecule has 2 heterocycles. The molecule has 0 atom stereocenters. The van der Waals surface area contributed by atoms with E-state index in [9.17, 15) is 22.0 Å². The van der Waals surface area contributed by atoms with Gasteiger partial charge in [-0.05, 0) is 30.3 Å². The quantitative estimate of drug-likeness (QED) is 0.632. The number of hydrogen-bond donors (Lipinski definition) is 0. The highest BCUT2D eigenvalue weighted by Crippen LogP contribution is 2.30. The highest BCUT2D eigenvalue weighted by atomic mass is 35.5. The zero-order valence-electron chi connectivity index (χ0n) is 12.4. The van der Waals surface area contributed by atoms with Gasteiger partial charge in [-0.15, -0.1) is 23.4 Å². The van der Waals surface area contributed by atoms with Gasteiger partial charge in [-0.3, -0.25) is 0 Å². The van der Waals surface area contributed by atoms with Crippen LogP contribution in [0.4, 0.5) is 22.0 Å². The highest BCUT2D eigenvalue weighted by molar-refractivity contribution is 6.33. The van der Waals surface area contributed by atoms with Gasteiger partial charge in [0.25, 0.3) is 0 Å². The molecule has 0 fully saturated rings. The summed E-state index contributed by atoms with van der Waals surface area (Å²) in [5.74, 6) is -4.43. The second-order valence-corrected chi connectivity index (χ2v) is 5.50. The Labute approximate surface area is 142 Å². The first-order valence-corrected chi connectivity index (χ1v) is 7.09. The molecule has 25 heavy (non-hydrogen) atoms. The van der Waals surface area contributed by atoms with Crippen LogP contribution in [0.2, 0.25) is 5.02 Å². The topological polar surface area (TPSA) is 52.3 Å². The fourth-order valence-electron chi connectivity index (χ4n) is 2.09. The van der Waals surface area contributed by atoms with Crippen molar-refractivity contribution >= 4 is 17.2 Å². The highest BCUT2D eigenvalue weighted by Gasteiger charge is 2.33. The van der Waals surface area contributed by atoms with E-state index in [1.807, 2.05) is 0 Å². The lowest BCUT2D eigenvalue weighted by Gasteiger charge is -2.10. The van der Waals surface area contributed by atoms with Crippen LogP contribution < -0.4 is 4.74 Å². The maximum Gasteiger partial charge on any atom is 0.573 e. The summed E-state index contributed by atoms with van der Waals surface area (Å²) in [7, 11) is 0. The molecular formula is C14H8ClF5N4O. The summed E-state index contributed by atoms with van der Waals surface area (Å²) in [4.78, 5) is 0. The van der Waals surface area contributed by atoms with Crippen LogP contribution >= 0.6 is 11.6 Å². The van der Waals surface area contributed by atoms with Crippen molar-refractivity contribution < 1.29 is 26.7 Å². The van der Waals surface area contributed by atoms with E-state index in [4.69, 9.17) is 11.6 Å². The second-order valence-electron chi connectivity index (χ2n) is 5.10. The van der Waals surface area contributed by atoms with Crippen LogP contribution in [-0.4, -0.2) is 26.2 Å². The molecule has 11 heteroatoms. The lowest BCUT2D eigenvalue weighted by molar-refractivity contribution is -0.274. The summed E-state index contributed by atoms with van der Waals surface area (Å²) < 4.78 is 68.2. The molecule has 0 radical (unpaired) electrons. The number of nitrogens with zero attached hydrogens (tertiary/aromatic N) is 4. The summed E-state index contributed by atoms with van der Waals surface area (Å²) in [6, 6.07) is 6.08. The fraction of sp³-hybridized carbons (Fsp3) is 0.214. The third kappa shape index (κ3) is 3.63. The van der Waals surface area contributed by atoms with Gasteiger partial charge >= 0.3 is 12.3 Å². The number of fused-ring (bicyclic) bond motifs is 1. The molecule has 0 spiro atoms. The number of hydrogen-bond acceptors (Lipinski definition) is 4. The minimum atomic E-state index is -4.81. The van der Waals surface area contributed by atoms with Crippen molar-refractivity contribution in [2.75, 3.05) is 0 Å². The van der Waals surface area contributed by atoms with Gasteiger partial charge in [-0.1, -0.05) is 11.6 Å². The molecule has 0 N–H and O–H groups in total. The van der Waals surface area contributed by atoms with E-state index in [-0.39, 0.29) is 16.4 Å². The molecule has 0 aliphatic carbocycles. The van der Waals surface area contributed by atoms with E-state index in [0.29, 0.717) is 12.5 Å². The van der Waals surface area contributed by atoms with Crippen molar-refractivity contribution in [3.05, 3.63) is 41.2 Å². The molecule has 0 saturated heterocycles. The Morgan fingerprint density at radius 1 is 1.04 bits per heavy atom. The Morgan fingerprint density at radius 3 is 2.24 bits per heavy atom. The van der Waals surface area contributed by atoms with Crippen molar-refractivity contribution in [1.29, 1.82) is 0 Å². The van der Waals surface area contributed by atoms with Gasteiger partial charge in [0.05, 0.1) is 10.7 Å². The van der Waals surface area contributed by atoms with E-state index in [1.165, 1.54) is 18.2 Å². The molecule has 1 aromatic carbocycles. The van der Waals surface area contributed by atoms with Crippen LogP contribution in [0.1, 0.15) is 12.7 Å². The Morgan fingerprint density at radius 2 is 1.68 bits per heavy atom. The van der Waals surface area contributed by atoms with E-state index in [0.717, 1.165) is 16.6 Å². The van der Waals surface area contributed by atoms with Crippen LogP contribution in [0, 0.1) is 0 Å². The van der Waals surface area contributed by atoms with Crippen LogP contribution in [0.3, 0.4) is 0 Å². The Bertz CT molecular complexity index is 918. The van der Waals surface area contributed by atoms with Crippen LogP contribution in [0.5, 0.6) is 5.75 Å². The van der Waals surface area contributed by atoms with Crippen molar-refractivity contribution in [3.8, 4) is 17.0 Å². The largest absolute Gasteiger partial charge is 0.573 e. The van der Waals surface area contributed by atoms with Gasteiger partial charge < -0.3 is 4.74 Å². The Hall–Kier alpha value is -2.49. The lowest BCUT2D eigenvalue weighted by Crippen LogP contribution is -2.17. The van der Waals surface area contributed by atoms with Gasteiger partial charge in [0, 0.05) is 12.5 Å². The first-order chi connectivity index (χ1) is 11.5. The second kappa shape index (κ2) is 5.80. The molecule has 3 aromatic rings. The number of benzene rings is 1. The maximum atomic E-state index is 13.6. The standard InChI is InChI=1S/C14H8ClF5N4O/c1-13(16,17)12-22-21-11-9(15)6-10(23-24(11)12)7-2-4-8(5-3-7)25-14(18,19)20/h2-6H,1H3. The zero-order chi connectivity index (χ0) is 18.4. The number of rotatable bonds is 3. The SMILES string of the molecule is CC(F)(F)c1nnc2c(Cl)cc(-c3ccc(OC(F)(F)F)cc3)nn12. The monoisotopic (exact) mass is 378 g/mol. The van der Waals surface area contributed by atoms with Gasteiger partial charge in [-0.2, -0.15) is 18.4 Å². The van der Waals surface area contributed by atoms with E-state index in [1.54, 1.807) is 0 Å². The van der Waals surface area contributed by atoms with Crippen LogP contribution in [-0.2, 0) is 5.92 Å². The minimum absolute atomic E-state index is 0.0172. The summed E-state index contributed by atoms with van der Waals surface area (Å²) in [5.41, 5.74) is 0.442. The third-order valence-corrected chi connectivity index (χ3v) is 3.38. The predicted molar refractivity (Wildman–Crippen MR) is 77.5 cm³/mol. The first kappa shape index (κ1) is 17.3. The average Bonchev–Trinajstić information content (AvgIpc) is 2.91. The van der Waals surface area contributed by atoms with Crippen LogP contribution in [0.15, 0.2) is 30.3 Å². The first-order valence-electron chi connectivity index (χ1n) is 6.71. The molecule has 132 valence electrons. The number of alkyl halides is 5. The molecule has 0 aliphatic heterocycles. The van der Waals surface area contributed by atoms with Crippen molar-refractivity contribution in [1.82, 2.24) is 19.8 Å². The van der Waals surface area contributed by atoms with E-state index in [2.05, 4.69) is 20.0 Å². The summed E-state index contributed by atoms with van der Waals surface area (Å²) >= 11 is 6.01. The Balaban J connectivity index is 2.04. The van der Waals surface area contributed by atoms with Crippen molar-refractivity contribution in [2.45, 2.75) is 19.2 Å². The predicted octanol–water partition coefficient (Wildman–Crippen LogP) is 4.46. The molecule has 0 aliphatic rings. The van der Waals surface area contributed by atoms with Gasteiger partial charge in [0.15, 0.2) is 5.65 Å². The lowest BCUT2D eigenvalue weighted by atomic mass is 10.1. The molecule has 3 rings (SSSR count). The fourth-order valence-corrected chi connectivity index (χ4v) is 2.31. The molecule has 0 bridgehead atoms. The molecule has 2 aromatic heterocycles. The molecule has 5 nitrogen and oxygen atoms in total. The summed E-state index contributed by atoms with van der Waals surface area (Å²) in [6.07, 6.45) is -4.81. The smallest absolute Gasteiger partial charge is 0.406 e. The minimum Gasteiger partial charge on any atom is -0.406 e. The van der Waals surface area contributed by atoms with E-state index < -0.39 is 23.9 Å². The molecule has 0 saturated carbocycles. The van der Waals surface area contributed by atoms with Crippen molar-refractivity contribution in [2.24, 2.45) is 0 Å². The molecular weight excluding hydrogens is 371 g/mol. The third-order valence-electron chi connectivity index (χ3n) is 3.10. The average molecular weight is 379 g/mol. The van der Waals surface area contributed by atoms with Gasteiger partial charge in [0.1, 0.15) is 5.75 Å². The van der Waals surface area contributed by atoms with Gasteiger partial charge in [0.2, 0.25) is 5.82 Å². The summed E-state index contributed by atoms with van der Waals surface area (Å²) in [6.45, 7) is 0.634. The van der Waals surface area contributed by atoms with Crippen LogP contribution in [0.25, 0.3) is 16.9 Å². The Kier molecular flexibility index (Phi) is 4.02. The molecule has 0 unspecified atom stereocenters. The summed E-state index contributed by atoms with van der Waals surface area (Å²) in [5, 5.41) is 11.0. The zero-order valence-corrected chi connectivity index (χ0v) is 13.1. The normalized spacial score (nSPS) is 12.6.